The van der Waals surface area contributed by atoms with Gasteiger partial charge in [0.05, 0.1) is 11.8 Å². The number of hydrogen-bond donors (Lipinski definition) is 1. The number of aliphatic carboxylic acids is 1. The third-order valence-electron chi connectivity index (χ3n) is 4.42. The number of nitrogens with zero attached hydrogens (tertiary/aromatic N) is 1. The molecule has 2 fully saturated rings. The second kappa shape index (κ2) is 5.79. The van der Waals surface area contributed by atoms with Crippen molar-refractivity contribution >= 4 is 27.8 Å². The largest absolute Gasteiger partial charge is 0.481 e. The molecular formula is C16H18BrNO3. The minimum Gasteiger partial charge on any atom is -0.481 e. The maximum Gasteiger partial charge on any atom is 0.307 e. The third kappa shape index (κ3) is 3.12. The van der Waals surface area contributed by atoms with Crippen LogP contribution in [0.3, 0.4) is 0 Å². The Hall–Kier alpha value is -1.36. The zero-order valence-electron chi connectivity index (χ0n) is 11.7. The molecule has 1 aromatic rings. The molecule has 0 radical (unpaired) electrons. The van der Waals surface area contributed by atoms with Crippen LogP contribution < -0.4 is 0 Å². The van der Waals surface area contributed by atoms with E-state index < -0.39 is 11.9 Å². The number of carbonyl (C=O) groups is 2. The van der Waals surface area contributed by atoms with Crippen molar-refractivity contribution in [2.45, 2.75) is 38.3 Å². The molecule has 4 nitrogen and oxygen atoms in total. The highest BCUT2D eigenvalue weighted by Crippen LogP contribution is 2.39. The topological polar surface area (TPSA) is 57.6 Å². The fraction of sp³-hybridized carbons (Fsp3) is 0.500. The first-order chi connectivity index (χ1) is 10.1. The third-order valence-corrected chi connectivity index (χ3v) is 4.91. The van der Waals surface area contributed by atoms with E-state index >= 15 is 0 Å². The predicted molar refractivity (Wildman–Crippen MR) is 81.6 cm³/mol. The minimum absolute atomic E-state index is 0.0242. The molecule has 1 amide bonds. The summed E-state index contributed by atoms with van der Waals surface area (Å²) in [7, 11) is 0. The van der Waals surface area contributed by atoms with Crippen molar-refractivity contribution in [1.29, 1.82) is 0 Å². The highest BCUT2D eigenvalue weighted by atomic mass is 79.9. The maximum absolute atomic E-state index is 12.7. The molecule has 0 aromatic heterocycles. The standard InChI is InChI=1S/C16H18BrNO3/c17-11-3-1-2-10(8-11)9-18(12-4-5-12)15(19)13-6-7-14(13)16(20)21/h1-3,8,12-14H,4-7,9H2,(H,20,21). The van der Waals surface area contributed by atoms with Crippen LogP contribution in [0.25, 0.3) is 0 Å². The molecule has 0 saturated heterocycles. The van der Waals surface area contributed by atoms with Gasteiger partial charge in [-0.2, -0.15) is 0 Å². The monoisotopic (exact) mass is 351 g/mol. The number of carbonyl (C=O) groups excluding carboxylic acids is 1. The van der Waals surface area contributed by atoms with Crippen molar-refractivity contribution in [2.75, 3.05) is 0 Å². The summed E-state index contributed by atoms with van der Waals surface area (Å²) < 4.78 is 0.996. The highest BCUT2D eigenvalue weighted by molar-refractivity contribution is 9.10. The summed E-state index contributed by atoms with van der Waals surface area (Å²) >= 11 is 3.44. The SMILES string of the molecule is O=C(O)C1CCC1C(=O)N(Cc1cccc(Br)c1)C1CC1. The zero-order chi connectivity index (χ0) is 15.0. The molecule has 2 aliphatic carbocycles. The maximum atomic E-state index is 12.7. The average molecular weight is 352 g/mol. The Bertz CT molecular complexity index is 570. The molecule has 2 atom stereocenters. The average Bonchev–Trinajstić information content (AvgIpc) is 3.18. The molecule has 1 N–H and O–H groups in total. The van der Waals surface area contributed by atoms with E-state index in [9.17, 15) is 9.59 Å². The van der Waals surface area contributed by atoms with E-state index in [1.165, 1.54) is 0 Å². The van der Waals surface area contributed by atoms with Gasteiger partial charge in [-0.1, -0.05) is 28.1 Å². The molecule has 2 saturated carbocycles. The molecule has 0 bridgehead atoms. The zero-order valence-corrected chi connectivity index (χ0v) is 13.3. The van der Waals surface area contributed by atoms with Crippen LogP contribution >= 0.6 is 15.9 Å². The van der Waals surface area contributed by atoms with Gasteiger partial charge < -0.3 is 10.0 Å². The lowest BCUT2D eigenvalue weighted by Gasteiger charge is -2.36. The number of benzene rings is 1. The summed E-state index contributed by atoms with van der Waals surface area (Å²) in [6.45, 7) is 0.575. The van der Waals surface area contributed by atoms with E-state index in [0.29, 0.717) is 25.4 Å². The van der Waals surface area contributed by atoms with Crippen LogP contribution in [0.1, 0.15) is 31.2 Å². The van der Waals surface area contributed by atoms with Crippen molar-refractivity contribution in [3.05, 3.63) is 34.3 Å². The number of carboxylic acids is 1. The molecule has 0 aliphatic heterocycles. The number of carboxylic acid groups (broad SMARTS) is 1. The highest BCUT2D eigenvalue weighted by Gasteiger charge is 2.45. The Morgan fingerprint density at radius 3 is 2.43 bits per heavy atom. The Labute approximate surface area is 132 Å². The van der Waals surface area contributed by atoms with Crippen LogP contribution in [0.15, 0.2) is 28.7 Å². The Balaban J connectivity index is 1.73. The summed E-state index contributed by atoms with van der Waals surface area (Å²) in [6.07, 6.45) is 3.40. The molecule has 0 spiro atoms. The van der Waals surface area contributed by atoms with E-state index in [0.717, 1.165) is 22.9 Å². The minimum atomic E-state index is -0.835. The number of amides is 1. The van der Waals surface area contributed by atoms with Crippen LogP contribution in [0.2, 0.25) is 0 Å². The molecule has 2 unspecified atom stereocenters. The lowest BCUT2D eigenvalue weighted by atomic mass is 9.73. The van der Waals surface area contributed by atoms with Crippen molar-refractivity contribution in [2.24, 2.45) is 11.8 Å². The van der Waals surface area contributed by atoms with E-state index in [1.807, 2.05) is 29.2 Å². The quantitative estimate of drug-likeness (QED) is 0.886. The van der Waals surface area contributed by atoms with Gasteiger partial charge >= 0.3 is 5.97 Å². The Morgan fingerprint density at radius 1 is 1.19 bits per heavy atom. The van der Waals surface area contributed by atoms with Gasteiger partial charge in [-0.25, -0.2) is 0 Å². The molecule has 0 heterocycles. The summed E-state index contributed by atoms with van der Waals surface area (Å²) in [5, 5.41) is 9.14. The van der Waals surface area contributed by atoms with Gasteiger partial charge in [-0.3, -0.25) is 9.59 Å². The summed E-state index contributed by atoms with van der Waals surface area (Å²) in [4.78, 5) is 25.7. The van der Waals surface area contributed by atoms with E-state index in [1.54, 1.807) is 0 Å². The second-order valence-corrected chi connectivity index (χ2v) is 6.87. The molecule has 2 aliphatic rings. The van der Waals surface area contributed by atoms with Crippen molar-refractivity contribution in [1.82, 2.24) is 4.90 Å². The van der Waals surface area contributed by atoms with Crippen LogP contribution in [0, 0.1) is 11.8 Å². The molecular weight excluding hydrogens is 334 g/mol. The molecule has 112 valence electrons. The predicted octanol–water partition coefficient (Wildman–Crippen LogP) is 3.05. The van der Waals surface area contributed by atoms with Gasteiger partial charge in [0.2, 0.25) is 5.91 Å². The first kappa shape index (κ1) is 14.6. The molecule has 21 heavy (non-hydrogen) atoms. The van der Waals surface area contributed by atoms with E-state index in [4.69, 9.17) is 5.11 Å². The van der Waals surface area contributed by atoms with Gasteiger partial charge in [0, 0.05) is 17.1 Å². The van der Waals surface area contributed by atoms with Crippen LogP contribution in [0.4, 0.5) is 0 Å². The van der Waals surface area contributed by atoms with Crippen molar-refractivity contribution in [3.8, 4) is 0 Å². The Morgan fingerprint density at radius 2 is 1.90 bits per heavy atom. The van der Waals surface area contributed by atoms with Gasteiger partial charge in [0.25, 0.3) is 0 Å². The van der Waals surface area contributed by atoms with E-state index in [-0.39, 0.29) is 11.8 Å². The lowest BCUT2D eigenvalue weighted by Crippen LogP contribution is -2.46. The lowest BCUT2D eigenvalue weighted by molar-refractivity contribution is -0.157. The molecule has 5 heteroatoms. The van der Waals surface area contributed by atoms with Crippen molar-refractivity contribution in [3.63, 3.8) is 0 Å². The molecule has 3 rings (SSSR count). The van der Waals surface area contributed by atoms with Gasteiger partial charge in [0.1, 0.15) is 0 Å². The van der Waals surface area contributed by atoms with Gasteiger partial charge in [-0.05, 0) is 43.4 Å². The van der Waals surface area contributed by atoms with Gasteiger partial charge in [0.15, 0.2) is 0 Å². The molecule has 1 aromatic carbocycles. The Kier molecular flexibility index (Phi) is 4.02. The summed E-state index contributed by atoms with van der Waals surface area (Å²) in [5.74, 6) is -1.62. The van der Waals surface area contributed by atoms with Crippen LogP contribution in [-0.4, -0.2) is 27.9 Å². The second-order valence-electron chi connectivity index (χ2n) is 5.96. The number of halogens is 1. The first-order valence-electron chi connectivity index (χ1n) is 7.34. The summed E-state index contributed by atoms with van der Waals surface area (Å²) in [5.41, 5.74) is 1.08. The van der Waals surface area contributed by atoms with E-state index in [2.05, 4.69) is 15.9 Å². The smallest absolute Gasteiger partial charge is 0.307 e. The fourth-order valence-corrected chi connectivity index (χ4v) is 3.36. The van der Waals surface area contributed by atoms with Crippen LogP contribution in [0.5, 0.6) is 0 Å². The first-order valence-corrected chi connectivity index (χ1v) is 8.13. The van der Waals surface area contributed by atoms with Gasteiger partial charge in [-0.15, -0.1) is 0 Å². The normalized spacial score (nSPS) is 24.2. The number of rotatable bonds is 5. The fourth-order valence-electron chi connectivity index (χ4n) is 2.91. The number of hydrogen-bond acceptors (Lipinski definition) is 2. The van der Waals surface area contributed by atoms with Crippen molar-refractivity contribution < 1.29 is 14.7 Å². The van der Waals surface area contributed by atoms with Crippen LogP contribution in [-0.2, 0) is 16.1 Å². The summed E-state index contributed by atoms with van der Waals surface area (Å²) in [6, 6.07) is 8.23.